The number of hydrogen-bond donors (Lipinski definition) is 0. The van der Waals surface area contributed by atoms with E-state index in [1.807, 2.05) is 30.3 Å². The number of rotatable bonds is 5. The number of esters is 2. The maximum absolute atomic E-state index is 12.5. The van der Waals surface area contributed by atoms with Crippen molar-refractivity contribution < 1.29 is 23.9 Å². The maximum Gasteiger partial charge on any atom is 0.325 e. The maximum atomic E-state index is 12.5. The zero-order valence-corrected chi connectivity index (χ0v) is 14.0. The fraction of sp³-hybridized carbons (Fsp3) is 0.250. The van der Waals surface area contributed by atoms with Gasteiger partial charge in [-0.25, -0.2) is 4.99 Å². The van der Waals surface area contributed by atoms with E-state index >= 15 is 0 Å². The molecule has 126 valence electrons. The molecular weight excluding hydrogens is 332 g/mol. The van der Waals surface area contributed by atoms with Crippen LogP contribution < -0.4 is 0 Å². The minimum Gasteiger partial charge on any atom is -0.468 e. The lowest BCUT2D eigenvalue weighted by atomic mass is 10.2. The number of hydrogen-bond acceptors (Lipinski definition) is 7. The van der Waals surface area contributed by atoms with Crippen molar-refractivity contribution in [3.05, 3.63) is 41.6 Å². The molecule has 0 saturated heterocycles. The molecule has 1 amide bonds. The van der Waals surface area contributed by atoms with E-state index in [2.05, 4.69) is 14.5 Å². The van der Waals surface area contributed by atoms with Crippen LogP contribution in [-0.4, -0.2) is 54.4 Å². The first-order chi connectivity index (χ1) is 11.5. The molecule has 8 heteroatoms. The van der Waals surface area contributed by atoms with Crippen LogP contribution in [-0.2, 0) is 23.9 Å². The van der Waals surface area contributed by atoms with Crippen LogP contribution in [0.25, 0.3) is 6.08 Å². The lowest BCUT2D eigenvalue weighted by Gasteiger charge is -2.15. The molecule has 0 radical (unpaired) electrons. The summed E-state index contributed by atoms with van der Waals surface area (Å²) in [5.41, 5.74) is 0.999. The average molecular weight is 348 g/mol. The number of benzene rings is 1. The van der Waals surface area contributed by atoms with Gasteiger partial charge in [0.1, 0.15) is 12.2 Å². The highest BCUT2D eigenvalue weighted by Crippen LogP contribution is 2.24. The average Bonchev–Trinajstić information content (AvgIpc) is 2.89. The van der Waals surface area contributed by atoms with Gasteiger partial charge in [-0.2, -0.15) is 0 Å². The Hall–Kier alpha value is -2.61. The van der Waals surface area contributed by atoms with E-state index in [1.165, 1.54) is 19.1 Å². The fourth-order valence-electron chi connectivity index (χ4n) is 1.86. The first-order valence-electron chi connectivity index (χ1n) is 6.99. The first kappa shape index (κ1) is 17.7. The number of ether oxygens (including phenoxy) is 2. The number of carbonyl (C=O) groups is 3. The van der Waals surface area contributed by atoms with E-state index in [-0.39, 0.29) is 23.2 Å². The fourth-order valence-corrected chi connectivity index (χ4v) is 2.69. The summed E-state index contributed by atoms with van der Waals surface area (Å²) >= 11 is 1.03. The Morgan fingerprint density at radius 2 is 1.83 bits per heavy atom. The molecule has 7 nitrogen and oxygen atoms in total. The van der Waals surface area contributed by atoms with Crippen molar-refractivity contribution >= 4 is 40.9 Å². The molecule has 1 heterocycles. The van der Waals surface area contributed by atoms with Gasteiger partial charge in [0.05, 0.1) is 20.0 Å². The highest BCUT2D eigenvalue weighted by Gasteiger charge is 2.32. The summed E-state index contributed by atoms with van der Waals surface area (Å²) in [4.78, 5) is 40.7. The Labute approximate surface area is 143 Å². The highest BCUT2D eigenvalue weighted by molar-refractivity contribution is 8.14. The van der Waals surface area contributed by atoms with Crippen molar-refractivity contribution in [1.29, 1.82) is 0 Å². The van der Waals surface area contributed by atoms with Gasteiger partial charge in [0.2, 0.25) is 0 Å². The molecule has 1 aromatic rings. The van der Waals surface area contributed by atoms with Crippen LogP contribution in [0.1, 0.15) is 5.56 Å². The zero-order chi connectivity index (χ0) is 17.5. The van der Waals surface area contributed by atoms with Crippen LogP contribution >= 0.6 is 11.8 Å². The molecule has 0 aromatic heterocycles. The van der Waals surface area contributed by atoms with Gasteiger partial charge in [-0.3, -0.25) is 19.3 Å². The summed E-state index contributed by atoms with van der Waals surface area (Å²) in [7, 11) is 2.51. The molecule has 0 atom stereocenters. The number of nitrogens with zero attached hydrogens (tertiary/aromatic N) is 2. The number of thioether (sulfide) groups is 1. The second kappa shape index (κ2) is 8.30. The van der Waals surface area contributed by atoms with Crippen LogP contribution in [0.4, 0.5) is 0 Å². The van der Waals surface area contributed by atoms with Crippen molar-refractivity contribution in [2.75, 3.05) is 26.5 Å². The van der Waals surface area contributed by atoms with Gasteiger partial charge in [0.15, 0.2) is 5.17 Å². The molecule has 0 N–H and O–H groups in total. The van der Waals surface area contributed by atoms with Gasteiger partial charge >= 0.3 is 11.9 Å². The van der Waals surface area contributed by atoms with E-state index in [0.29, 0.717) is 0 Å². The molecule has 24 heavy (non-hydrogen) atoms. The van der Waals surface area contributed by atoms with Crippen LogP contribution in [0, 0.1) is 0 Å². The molecular formula is C16H16N2O5S. The summed E-state index contributed by atoms with van der Waals surface area (Å²) in [6.45, 7) is -0.269. The van der Waals surface area contributed by atoms with Crippen LogP contribution in [0.15, 0.2) is 41.0 Å². The second-order valence-corrected chi connectivity index (χ2v) is 5.61. The third kappa shape index (κ3) is 4.45. The smallest absolute Gasteiger partial charge is 0.325 e. The van der Waals surface area contributed by atoms with Gasteiger partial charge in [-0.05, 0) is 11.6 Å². The normalized spacial score (nSPS) is 15.4. The van der Waals surface area contributed by atoms with Crippen molar-refractivity contribution in [1.82, 2.24) is 4.90 Å². The standard InChI is InChI=1S/C16H16N2O5S/c1-22-13(19)9-18-15(21)12(8-11-6-4-3-5-7-11)17-16(18)24-10-14(20)23-2/h3-8H,9-10H2,1-2H3/b12-8-. The van der Waals surface area contributed by atoms with E-state index in [4.69, 9.17) is 0 Å². The number of amides is 1. The number of carbonyl (C=O) groups excluding carboxylic acids is 3. The Morgan fingerprint density at radius 1 is 1.17 bits per heavy atom. The molecule has 0 spiro atoms. The predicted octanol–water partition coefficient (Wildman–Crippen LogP) is 1.30. The van der Waals surface area contributed by atoms with Gasteiger partial charge in [-0.1, -0.05) is 42.1 Å². The predicted molar refractivity (Wildman–Crippen MR) is 90.1 cm³/mol. The third-order valence-corrected chi connectivity index (χ3v) is 4.03. The zero-order valence-electron chi connectivity index (χ0n) is 13.2. The molecule has 0 bridgehead atoms. The Kier molecular flexibility index (Phi) is 6.14. The summed E-state index contributed by atoms with van der Waals surface area (Å²) in [5, 5.41) is 0.262. The van der Waals surface area contributed by atoms with Gasteiger partial charge < -0.3 is 9.47 Å². The number of amidine groups is 1. The largest absolute Gasteiger partial charge is 0.468 e. The molecule has 0 saturated carbocycles. The summed E-state index contributed by atoms with van der Waals surface area (Å²) < 4.78 is 9.17. The molecule has 1 aromatic carbocycles. The monoisotopic (exact) mass is 348 g/mol. The number of aliphatic imine (C=N–C) groups is 1. The third-order valence-electron chi connectivity index (χ3n) is 3.08. The minimum atomic E-state index is -0.573. The first-order valence-corrected chi connectivity index (χ1v) is 7.97. The summed E-state index contributed by atoms with van der Waals surface area (Å²) in [6.07, 6.45) is 1.62. The Morgan fingerprint density at radius 3 is 2.46 bits per heavy atom. The topological polar surface area (TPSA) is 85.3 Å². The van der Waals surface area contributed by atoms with E-state index < -0.39 is 17.8 Å². The molecule has 0 aliphatic carbocycles. The van der Waals surface area contributed by atoms with Crippen molar-refractivity contribution in [3.63, 3.8) is 0 Å². The molecule has 2 rings (SSSR count). The lowest BCUT2D eigenvalue weighted by molar-refractivity contribution is -0.143. The Balaban J connectivity index is 2.24. The van der Waals surface area contributed by atoms with Crippen molar-refractivity contribution in [2.45, 2.75) is 0 Å². The van der Waals surface area contributed by atoms with Crippen molar-refractivity contribution in [2.24, 2.45) is 4.99 Å². The van der Waals surface area contributed by atoms with E-state index in [9.17, 15) is 14.4 Å². The van der Waals surface area contributed by atoms with Gasteiger partial charge in [0.25, 0.3) is 5.91 Å². The van der Waals surface area contributed by atoms with Crippen LogP contribution in [0.5, 0.6) is 0 Å². The number of methoxy groups -OCH3 is 2. The summed E-state index contributed by atoms with van der Waals surface area (Å²) in [6, 6.07) is 9.21. The molecule has 1 aliphatic rings. The summed E-state index contributed by atoms with van der Waals surface area (Å²) in [5.74, 6) is -1.46. The van der Waals surface area contributed by atoms with Gasteiger partial charge in [0, 0.05) is 0 Å². The quantitative estimate of drug-likeness (QED) is 0.589. The lowest BCUT2D eigenvalue weighted by Crippen LogP contribution is -2.36. The SMILES string of the molecule is COC(=O)CSC1=N/C(=C\c2ccccc2)C(=O)N1CC(=O)OC. The van der Waals surface area contributed by atoms with E-state index in [1.54, 1.807) is 6.08 Å². The van der Waals surface area contributed by atoms with E-state index in [0.717, 1.165) is 17.3 Å². The second-order valence-electron chi connectivity index (χ2n) is 4.67. The van der Waals surface area contributed by atoms with Crippen molar-refractivity contribution in [3.8, 4) is 0 Å². The molecule has 1 aliphatic heterocycles. The molecule has 0 fully saturated rings. The Bertz CT molecular complexity index is 700. The van der Waals surface area contributed by atoms with Gasteiger partial charge in [-0.15, -0.1) is 0 Å². The highest BCUT2D eigenvalue weighted by atomic mass is 32.2. The van der Waals surface area contributed by atoms with Crippen LogP contribution in [0.2, 0.25) is 0 Å². The minimum absolute atomic E-state index is 0.0150. The molecule has 0 unspecified atom stereocenters. The van der Waals surface area contributed by atoms with Crippen LogP contribution in [0.3, 0.4) is 0 Å².